The van der Waals surface area contributed by atoms with E-state index in [2.05, 4.69) is 0 Å². The average Bonchev–Trinajstić information content (AvgIpc) is 2.70. The van der Waals surface area contributed by atoms with Gasteiger partial charge in [-0.25, -0.2) is 0 Å². The molecule has 3 aliphatic rings. The fraction of sp³-hybridized carbons (Fsp3) is 1.00. The van der Waals surface area contributed by atoms with Crippen molar-refractivity contribution >= 4 is 0 Å². The molecular formula is C10H16O3. The van der Waals surface area contributed by atoms with E-state index in [1.807, 2.05) is 0 Å². The molecule has 74 valence electrons. The first kappa shape index (κ1) is 8.21. The highest BCUT2D eigenvalue weighted by atomic mass is 16.6. The Morgan fingerprint density at radius 2 is 2.08 bits per heavy atom. The topological polar surface area (TPSA) is 49.7 Å². The molecule has 1 saturated heterocycles. The monoisotopic (exact) mass is 184 g/mol. The Hall–Kier alpha value is -0.120. The van der Waals surface area contributed by atoms with Crippen LogP contribution in [0.4, 0.5) is 0 Å². The summed E-state index contributed by atoms with van der Waals surface area (Å²) in [7, 11) is 0. The zero-order valence-corrected chi connectivity index (χ0v) is 7.60. The molecule has 0 radical (unpaired) electrons. The summed E-state index contributed by atoms with van der Waals surface area (Å²) in [5.41, 5.74) is 0. The Kier molecular flexibility index (Phi) is 1.70. The van der Waals surface area contributed by atoms with Crippen LogP contribution in [0.5, 0.6) is 0 Å². The normalized spacial score (nSPS) is 58.6. The fourth-order valence-corrected chi connectivity index (χ4v) is 3.80. The Morgan fingerprint density at radius 3 is 2.85 bits per heavy atom. The van der Waals surface area contributed by atoms with Crippen molar-refractivity contribution in [2.45, 2.75) is 31.7 Å². The van der Waals surface area contributed by atoms with E-state index in [4.69, 9.17) is 4.74 Å². The van der Waals surface area contributed by atoms with E-state index >= 15 is 0 Å². The molecule has 3 fully saturated rings. The summed E-state index contributed by atoms with van der Waals surface area (Å²) in [6.07, 6.45) is 2.98. The van der Waals surface area contributed by atoms with Gasteiger partial charge < -0.3 is 14.9 Å². The quantitative estimate of drug-likeness (QED) is 0.618. The molecule has 3 nitrogen and oxygen atoms in total. The van der Waals surface area contributed by atoms with Crippen LogP contribution in [-0.4, -0.2) is 29.2 Å². The number of hydrogen-bond acceptors (Lipinski definition) is 3. The highest BCUT2D eigenvalue weighted by molar-refractivity contribution is 5.03. The Labute approximate surface area is 77.7 Å². The second-order valence-electron chi connectivity index (χ2n) is 4.73. The lowest BCUT2D eigenvalue weighted by molar-refractivity contribution is -0.110. The van der Waals surface area contributed by atoms with Crippen LogP contribution in [0.25, 0.3) is 0 Å². The zero-order chi connectivity index (χ0) is 9.00. The van der Waals surface area contributed by atoms with Gasteiger partial charge in [0.25, 0.3) is 0 Å². The molecule has 2 aliphatic carbocycles. The highest BCUT2D eigenvalue weighted by Crippen LogP contribution is 2.56. The molecular weight excluding hydrogens is 168 g/mol. The Balaban J connectivity index is 1.88. The molecule has 3 heteroatoms. The third-order valence-electron chi connectivity index (χ3n) is 4.30. The largest absolute Gasteiger partial charge is 0.396 e. The van der Waals surface area contributed by atoms with Crippen LogP contribution in [0.2, 0.25) is 0 Å². The first-order chi connectivity index (χ1) is 6.31. The summed E-state index contributed by atoms with van der Waals surface area (Å²) >= 11 is 0. The number of aliphatic hydroxyl groups excluding tert-OH is 2. The summed E-state index contributed by atoms with van der Waals surface area (Å²) in [6, 6.07) is 0. The molecule has 6 atom stereocenters. The molecule has 13 heavy (non-hydrogen) atoms. The van der Waals surface area contributed by atoms with Crippen LogP contribution in [0.15, 0.2) is 0 Å². The van der Waals surface area contributed by atoms with E-state index in [1.54, 1.807) is 0 Å². The molecule has 3 rings (SSSR count). The Bertz CT molecular complexity index is 216. The predicted molar refractivity (Wildman–Crippen MR) is 45.8 cm³/mol. The van der Waals surface area contributed by atoms with Gasteiger partial charge in [0, 0.05) is 12.5 Å². The smallest absolute Gasteiger partial charge is 0.158 e. The first-order valence-corrected chi connectivity index (χ1v) is 5.25. The third kappa shape index (κ3) is 0.953. The van der Waals surface area contributed by atoms with Crippen molar-refractivity contribution in [3.05, 3.63) is 0 Å². The maximum atomic E-state index is 9.63. The minimum Gasteiger partial charge on any atom is -0.396 e. The minimum absolute atomic E-state index is 0.289. The van der Waals surface area contributed by atoms with Crippen LogP contribution in [0.3, 0.4) is 0 Å². The summed E-state index contributed by atoms with van der Waals surface area (Å²) in [5.74, 6) is 1.91. The van der Waals surface area contributed by atoms with E-state index in [0.717, 1.165) is 12.8 Å². The Morgan fingerprint density at radius 1 is 1.23 bits per heavy atom. The van der Waals surface area contributed by atoms with Crippen molar-refractivity contribution in [3.8, 4) is 0 Å². The zero-order valence-electron chi connectivity index (χ0n) is 7.60. The lowest BCUT2D eigenvalue weighted by Gasteiger charge is -2.15. The first-order valence-electron chi connectivity index (χ1n) is 5.25. The van der Waals surface area contributed by atoms with E-state index in [0.29, 0.717) is 29.8 Å². The van der Waals surface area contributed by atoms with Gasteiger partial charge in [-0.2, -0.15) is 0 Å². The molecule has 2 saturated carbocycles. The summed E-state index contributed by atoms with van der Waals surface area (Å²) in [6.45, 7) is 0.289. The van der Waals surface area contributed by atoms with Gasteiger partial charge in [0.1, 0.15) is 0 Å². The van der Waals surface area contributed by atoms with Crippen molar-refractivity contribution < 1.29 is 14.9 Å². The average molecular weight is 184 g/mol. The lowest BCUT2D eigenvalue weighted by Crippen LogP contribution is -2.17. The van der Waals surface area contributed by atoms with Gasteiger partial charge in [-0.1, -0.05) is 0 Å². The standard InChI is InChI=1S/C10H16O3/c11-4-5-3-7-9-6(5)1-2-8(9)13-10(7)12/h5-12H,1-4H2. The summed E-state index contributed by atoms with van der Waals surface area (Å²) < 4.78 is 5.49. The number of aliphatic hydroxyl groups is 2. The van der Waals surface area contributed by atoms with Crippen LogP contribution in [-0.2, 0) is 4.74 Å². The number of rotatable bonds is 1. The van der Waals surface area contributed by atoms with Crippen molar-refractivity contribution in [2.24, 2.45) is 23.7 Å². The molecule has 0 spiro atoms. The minimum atomic E-state index is -0.547. The van der Waals surface area contributed by atoms with Gasteiger partial charge in [0.05, 0.1) is 6.10 Å². The van der Waals surface area contributed by atoms with Gasteiger partial charge in [0.15, 0.2) is 6.29 Å². The van der Waals surface area contributed by atoms with E-state index in [1.165, 1.54) is 6.42 Å². The molecule has 6 unspecified atom stereocenters. The van der Waals surface area contributed by atoms with Gasteiger partial charge >= 0.3 is 0 Å². The molecule has 0 amide bonds. The van der Waals surface area contributed by atoms with E-state index in [9.17, 15) is 10.2 Å². The molecule has 0 aromatic heterocycles. The van der Waals surface area contributed by atoms with Gasteiger partial charge in [-0.3, -0.25) is 0 Å². The van der Waals surface area contributed by atoms with Crippen molar-refractivity contribution in [1.29, 1.82) is 0 Å². The molecule has 1 heterocycles. The molecule has 2 N–H and O–H groups in total. The van der Waals surface area contributed by atoms with Crippen LogP contribution < -0.4 is 0 Å². The molecule has 0 aromatic carbocycles. The van der Waals surface area contributed by atoms with Crippen molar-refractivity contribution in [2.75, 3.05) is 6.61 Å². The summed E-state index contributed by atoms with van der Waals surface area (Å²) in [5, 5.41) is 18.8. The van der Waals surface area contributed by atoms with E-state index < -0.39 is 6.29 Å². The van der Waals surface area contributed by atoms with Crippen molar-refractivity contribution in [1.82, 2.24) is 0 Å². The highest BCUT2D eigenvalue weighted by Gasteiger charge is 2.57. The molecule has 0 bridgehead atoms. The second-order valence-corrected chi connectivity index (χ2v) is 4.73. The summed E-state index contributed by atoms with van der Waals surface area (Å²) in [4.78, 5) is 0. The van der Waals surface area contributed by atoms with Crippen molar-refractivity contribution in [3.63, 3.8) is 0 Å². The van der Waals surface area contributed by atoms with Crippen LogP contribution >= 0.6 is 0 Å². The fourth-order valence-electron chi connectivity index (χ4n) is 3.80. The lowest BCUT2D eigenvalue weighted by atomic mass is 9.91. The third-order valence-corrected chi connectivity index (χ3v) is 4.30. The predicted octanol–water partition coefficient (Wildman–Crippen LogP) is 0.358. The van der Waals surface area contributed by atoms with Crippen LogP contribution in [0.1, 0.15) is 19.3 Å². The molecule has 1 aliphatic heterocycles. The second kappa shape index (κ2) is 2.69. The number of ether oxygens (including phenoxy) is 1. The maximum absolute atomic E-state index is 9.63. The molecule has 0 aromatic rings. The maximum Gasteiger partial charge on any atom is 0.158 e. The SMILES string of the molecule is OCC1CC2C(O)OC3CCC1C32. The van der Waals surface area contributed by atoms with Crippen LogP contribution in [0, 0.1) is 23.7 Å². The van der Waals surface area contributed by atoms with E-state index in [-0.39, 0.29) is 6.61 Å². The van der Waals surface area contributed by atoms with Gasteiger partial charge in [0.2, 0.25) is 0 Å². The van der Waals surface area contributed by atoms with Gasteiger partial charge in [-0.15, -0.1) is 0 Å². The number of hydrogen-bond donors (Lipinski definition) is 2. The van der Waals surface area contributed by atoms with Gasteiger partial charge in [-0.05, 0) is 37.0 Å².